The molecule has 2 fully saturated rings. The van der Waals surface area contributed by atoms with Crippen LogP contribution in [0.3, 0.4) is 0 Å². The summed E-state index contributed by atoms with van der Waals surface area (Å²) in [7, 11) is 5.12. The van der Waals surface area contributed by atoms with Gasteiger partial charge in [-0.25, -0.2) is 19.2 Å². The van der Waals surface area contributed by atoms with Gasteiger partial charge in [0.1, 0.15) is 0 Å². The predicted molar refractivity (Wildman–Crippen MR) is 136 cm³/mol. The first kappa shape index (κ1) is 27.5. The molecule has 0 spiro atoms. The van der Waals surface area contributed by atoms with Crippen LogP contribution in [0.4, 0.5) is 0 Å². The Morgan fingerprint density at radius 3 is 1.26 bits per heavy atom. The molecule has 0 saturated carbocycles. The van der Waals surface area contributed by atoms with E-state index in [1.165, 1.54) is 28.4 Å². The fourth-order valence-corrected chi connectivity index (χ4v) is 6.00. The number of carbonyl (C=O) groups is 4. The highest BCUT2D eigenvalue weighted by Crippen LogP contribution is 2.44. The Morgan fingerprint density at radius 1 is 0.605 bits per heavy atom. The second kappa shape index (κ2) is 11.9. The van der Waals surface area contributed by atoms with Crippen molar-refractivity contribution in [3.63, 3.8) is 0 Å². The number of rotatable bonds is 6. The van der Waals surface area contributed by atoms with Crippen LogP contribution in [0.25, 0.3) is 0 Å². The lowest BCUT2D eigenvalue weighted by Crippen LogP contribution is -2.28. The van der Waals surface area contributed by atoms with Crippen LogP contribution < -0.4 is 0 Å². The summed E-state index contributed by atoms with van der Waals surface area (Å²) < 4.78 is 20.5. The number of hydrogen-bond acceptors (Lipinski definition) is 10. The van der Waals surface area contributed by atoms with Gasteiger partial charge in [-0.05, 0) is 44.4 Å². The molecule has 0 aromatic heterocycles. The lowest BCUT2D eigenvalue weighted by Gasteiger charge is -2.30. The molecule has 4 rings (SSSR count). The molecule has 0 unspecified atom stereocenters. The lowest BCUT2D eigenvalue weighted by molar-refractivity contribution is -0.139. The molecule has 2 aliphatic heterocycles. The summed E-state index contributed by atoms with van der Waals surface area (Å²) in [4.78, 5) is 56.7. The normalized spacial score (nSPS) is 23.7. The van der Waals surface area contributed by atoms with E-state index >= 15 is 0 Å². The quantitative estimate of drug-likeness (QED) is 0.376. The highest BCUT2D eigenvalue weighted by atomic mass is 16.5. The molecular formula is C28H36N2O8. The van der Waals surface area contributed by atoms with E-state index < -0.39 is 29.8 Å². The van der Waals surface area contributed by atoms with Gasteiger partial charge in [-0.15, -0.1) is 0 Å². The first-order valence-electron chi connectivity index (χ1n) is 13.1. The van der Waals surface area contributed by atoms with Crippen molar-refractivity contribution in [2.75, 3.05) is 54.6 Å². The highest BCUT2D eigenvalue weighted by Gasteiger charge is 2.41. The fraction of sp³-hybridized carbons (Fsp3) is 0.571. The molecule has 0 radical (unpaired) electrons. The van der Waals surface area contributed by atoms with E-state index in [4.69, 9.17) is 18.9 Å². The monoisotopic (exact) mass is 528 g/mol. The van der Waals surface area contributed by atoms with Crippen LogP contribution in [0.2, 0.25) is 0 Å². The number of esters is 4. The minimum atomic E-state index is -0.666. The molecule has 0 atom stereocenters. The number of ether oxygens (including phenoxy) is 4. The summed E-state index contributed by atoms with van der Waals surface area (Å²) in [6.07, 6.45) is 8.14. The minimum absolute atomic E-state index is 0.0958. The topological polar surface area (TPSA) is 112 Å². The van der Waals surface area contributed by atoms with Crippen LogP contribution in [0, 0.1) is 11.8 Å². The maximum absolute atomic E-state index is 13.1. The van der Waals surface area contributed by atoms with Crippen LogP contribution in [-0.2, 0) is 38.1 Å². The lowest BCUT2D eigenvalue weighted by atomic mass is 9.85. The summed E-state index contributed by atoms with van der Waals surface area (Å²) in [5.74, 6) is -3.19. The molecule has 0 bridgehead atoms. The molecule has 4 aliphatic rings. The van der Waals surface area contributed by atoms with Crippen molar-refractivity contribution < 1.29 is 38.1 Å². The van der Waals surface area contributed by atoms with Gasteiger partial charge in [-0.1, -0.05) is 12.2 Å². The van der Waals surface area contributed by atoms with Crippen molar-refractivity contribution in [3.8, 4) is 0 Å². The van der Waals surface area contributed by atoms with Crippen LogP contribution in [0.5, 0.6) is 0 Å². The largest absolute Gasteiger partial charge is 0.465 e. The van der Waals surface area contributed by atoms with E-state index in [1.54, 1.807) is 12.2 Å². The molecule has 38 heavy (non-hydrogen) atoms. The Bertz CT molecular complexity index is 1030. The number of likely N-dealkylation sites (tertiary alicyclic amines) is 2. The van der Waals surface area contributed by atoms with Gasteiger partial charge in [0, 0.05) is 43.5 Å². The first-order valence-corrected chi connectivity index (χ1v) is 13.1. The Hall–Kier alpha value is -3.56. The van der Waals surface area contributed by atoms with Gasteiger partial charge in [0.05, 0.1) is 50.7 Å². The van der Waals surface area contributed by atoms with Crippen molar-refractivity contribution in [2.45, 2.75) is 38.5 Å². The fourth-order valence-electron chi connectivity index (χ4n) is 6.00. The molecule has 206 valence electrons. The molecule has 2 heterocycles. The van der Waals surface area contributed by atoms with Gasteiger partial charge < -0.3 is 28.7 Å². The molecule has 0 aromatic rings. The van der Waals surface area contributed by atoms with E-state index in [1.807, 2.05) is 0 Å². The van der Waals surface area contributed by atoms with E-state index in [0.717, 1.165) is 63.3 Å². The van der Waals surface area contributed by atoms with Crippen LogP contribution in [-0.4, -0.2) is 88.3 Å². The molecule has 0 aromatic carbocycles. The standard InChI is InChI=1S/C28H36N2O8/c1-35-25(31)19-13-17-14-20(26(32)36-2)24(28(34)38-4)22(30-11-7-8-12-30)16-18(17)15-21(23(19)27(33)37-3)29-9-5-6-10-29/h13-14,17-18H,5-12,15-16H2,1-4H3. The van der Waals surface area contributed by atoms with Gasteiger partial charge in [-0.3, -0.25) is 0 Å². The number of fused-ring (bicyclic) bond motifs is 1. The van der Waals surface area contributed by atoms with Gasteiger partial charge in [0.2, 0.25) is 0 Å². The average molecular weight is 529 g/mol. The van der Waals surface area contributed by atoms with Crippen molar-refractivity contribution in [3.05, 3.63) is 45.8 Å². The van der Waals surface area contributed by atoms with E-state index in [0.29, 0.717) is 12.8 Å². The summed E-state index contributed by atoms with van der Waals surface area (Å²) in [5.41, 5.74) is 2.05. The molecular weight excluding hydrogens is 492 g/mol. The maximum Gasteiger partial charge on any atom is 0.340 e. The third-order valence-electron chi connectivity index (χ3n) is 7.85. The number of allylic oxidation sites excluding steroid dienone is 4. The zero-order chi connectivity index (χ0) is 27.4. The van der Waals surface area contributed by atoms with Crippen LogP contribution >= 0.6 is 0 Å². The van der Waals surface area contributed by atoms with Gasteiger partial charge >= 0.3 is 23.9 Å². The number of carbonyl (C=O) groups excluding carboxylic acids is 4. The van der Waals surface area contributed by atoms with Crippen molar-refractivity contribution in [1.29, 1.82) is 0 Å². The Labute approximate surface area is 222 Å². The Kier molecular flexibility index (Phi) is 8.58. The van der Waals surface area contributed by atoms with E-state index in [9.17, 15) is 19.2 Å². The van der Waals surface area contributed by atoms with Crippen molar-refractivity contribution in [1.82, 2.24) is 9.80 Å². The second-order valence-electron chi connectivity index (χ2n) is 9.90. The minimum Gasteiger partial charge on any atom is -0.465 e. The smallest absolute Gasteiger partial charge is 0.340 e. The van der Waals surface area contributed by atoms with Gasteiger partial charge in [0.25, 0.3) is 0 Å². The number of methoxy groups -OCH3 is 4. The van der Waals surface area contributed by atoms with Crippen LogP contribution in [0.1, 0.15) is 38.5 Å². The Morgan fingerprint density at radius 2 is 0.947 bits per heavy atom. The first-order chi connectivity index (χ1) is 18.3. The van der Waals surface area contributed by atoms with E-state index in [2.05, 4.69) is 9.80 Å². The predicted octanol–water partition coefficient (Wildman–Crippen LogP) is 2.27. The molecule has 2 aliphatic carbocycles. The third-order valence-corrected chi connectivity index (χ3v) is 7.85. The number of hydrogen-bond donors (Lipinski definition) is 0. The molecule has 2 saturated heterocycles. The SMILES string of the molecule is COC(=O)C1=CC2C=C(C(=O)OC)C(C(=O)OC)=C(N3CCCC3)CC2CC(N2CCCC2)=C1C(=O)OC. The highest BCUT2D eigenvalue weighted by molar-refractivity contribution is 6.09. The second-order valence-corrected chi connectivity index (χ2v) is 9.90. The van der Waals surface area contributed by atoms with Crippen molar-refractivity contribution in [2.24, 2.45) is 11.8 Å². The zero-order valence-electron chi connectivity index (χ0n) is 22.5. The summed E-state index contributed by atoms with van der Waals surface area (Å²) >= 11 is 0. The number of nitrogens with zero attached hydrogens (tertiary/aromatic N) is 2. The Balaban J connectivity index is 1.95. The zero-order valence-corrected chi connectivity index (χ0v) is 22.5. The molecule has 10 heteroatoms. The molecule has 10 nitrogen and oxygen atoms in total. The van der Waals surface area contributed by atoms with Crippen LogP contribution in [0.15, 0.2) is 45.8 Å². The molecule has 0 amide bonds. The van der Waals surface area contributed by atoms with Gasteiger partial charge in [0.15, 0.2) is 0 Å². The maximum atomic E-state index is 13.1. The summed E-state index contributed by atoms with van der Waals surface area (Å²) in [6, 6.07) is 0. The van der Waals surface area contributed by atoms with Crippen molar-refractivity contribution >= 4 is 23.9 Å². The van der Waals surface area contributed by atoms with E-state index in [-0.39, 0.29) is 28.2 Å². The van der Waals surface area contributed by atoms with Gasteiger partial charge in [-0.2, -0.15) is 0 Å². The summed E-state index contributed by atoms with van der Waals surface area (Å²) in [5, 5.41) is 0. The third kappa shape index (κ3) is 5.21. The summed E-state index contributed by atoms with van der Waals surface area (Å²) in [6.45, 7) is 3.03. The molecule has 0 N–H and O–H groups in total. The average Bonchev–Trinajstić information content (AvgIpc) is 3.62.